The van der Waals surface area contributed by atoms with E-state index in [0.29, 0.717) is 24.8 Å². The molecule has 144 valence electrons. The van der Waals surface area contributed by atoms with Crippen LogP contribution in [0.3, 0.4) is 0 Å². The SMILES string of the molecule is Cc1nn(C)c2ncc(S(=O)(=O)N3CCC(NCC4CC4)CC3)cc12.Cl. The first-order chi connectivity index (χ1) is 11.9. The van der Waals surface area contributed by atoms with Crippen LogP contribution in [0.1, 0.15) is 31.4 Å². The number of aryl methyl sites for hydroxylation is 2. The van der Waals surface area contributed by atoms with Crippen LogP contribution in [0.25, 0.3) is 11.0 Å². The molecule has 0 aromatic carbocycles. The lowest BCUT2D eigenvalue weighted by molar-refractivity contribution is 0.288. The molecule has 0 amide bonds. The third-order valence-electron chi connectivity index (χ3n) is 5.32. The monoisotopic (exact) mass is 399 g/mol. The fourth-order valence-electron chi connectivity index (χ4n) is 3.53. The molecule has 2 fully saturated rings. The lowest BCUT2D eigenvalue weighted by Crippen LogP contribution is -2.45. The maximum atomic E-state index is 13.0. The average molecular weight is 400 g/mol. The van der Waals surface area contributed by atoms with E-state index >= 15 is 0 Å². The zero-order valence-corrected chi connectivity index (χ0v) is 16.8. The van der Waals surface area contributed by atoms with Crippen LogP contribution in [0.4, 0.5) is 0 Å². The minimum atomic E-state index is -3.50. The van der Waals surface area contributed by atoms with Crippen molar-refractivity contribution in [2.45, 2.75) is 43.5 Å². The number of nitrogens with one attached hydrogen (secondary N) is 1. The molecule has 2 aliphatic rings. The number of fused-ring (bicyclic) bond motifs is 1. The second-order valence-electron chi connectivity index (χ2n) is 7.28. The Bertz CT molecular complexity index is 886. The number of rotatable bonds is 5. The highest BCUT2D eigenvalue weighted by Crippen LogP contribution is 2.28. The van der Waals surface area contributed by atoms with Crippen LogP contribution in [-0.2, 0) is 17.1 Å². The van der Waals surface area contributed by atoms with Crippen molar-refractivity contribution < 1.29 is 8.42 Å². The maximum absolute atomic E-state index is 13.0. The molecule has 1 aliphatic carbocycles. The van der Waals surface area contributed by atoms with E-state index in [9.17, 15) is 8.42 Å². The summed E-state index contributed by atoms with van der Waals surface area (Å²) in [5.41, 5.74) is 1.50. The molecular weight excluding hydrogens is 374 g/mol. The molecule has 1 N–H and O–H groups in total. The van der Waals surface area contributed by atoms with Crippen LogP contribution in [-0.4, -0.2) is 53.2 Å². The molecule has 0 spiro atoms. The fraction of sp³-hybridized carbons (Fsp3) is 0.647. The summed E-state index contributed by atoms with van der Waals surface area (Å²) in [5.74, 6) is 0.849. The summed E-state index contributed by atoms with van der Waals surface area (Å²) in [6, 6.07) is 2.14. The van der Waals surface area contributed by atoms with Gasteiger partial charge in [0, 0.05) is 37.8 Å². The molecule has 0 unspecified atom stereocenters. The minimum Gasteiger partial charge on any atom is -0.314 e. The molecule has 26 heavy (non-hydrogen) atoms. The highest BCUT2D eigenvalue weighted by Gasteiger charge is 2.31. The van der Waals surface area contributed by atoms with Crippen molar-refractivity contribution in [1.82, 2.24) is 24.4 Å². The largest absolute Gasteiger partial charge is 0.314 e. The van der Waals surface area contributed by atoms with Crippen molar-refractivity contribution in [2.24, 2.45) is 13.0 Å². The molecule has 2 aromatic heterocycles. The number of pyridine rings is 1. The molecule has 0 radical (unpaired) electrons. The third kappa shape index (κ3) is 3.74. The van der Waals surface area contributed by atoms with Gasteiger partial charge in [-0.25, -0.2) is 13.4 Å². The second-order valence-corrected chi connectivity index (χ2v) is 9.22. The number of piperidine rings is 1. The van der Waals surface area contributed by atoms with Crippen LogP contribution in [0.15, 0.2) is 17.2 Å². The van der Waals surface area contributed by atoms with Crippen molar-refractivity contribution in [2.75, 3.05) is 19.6 Å². The van der Waals surface area contributed by atoms with Gasteiger partial charge in [-0.15, -0.1) is 12.4 Å². The molecule has 0 atom stereocenters. The maximum Gasteiger partial charge on any atom is 0.244 e. The molecule has 1 saturated heterocycles. The van der Waals surface area contributed by atoms with Crippen LogP contribution >= 0.6 is 12.4 Å². The Kier molecular flexibility index (Phi) is 5.58. The minimum absolute atomic E-state index is 0. The Hall–Kier alpha value is -1.22. The van der Waals surface area contributed by atoms with E-state index in [1.807, 2.05) is 14.0 Å². The summed E-state index contributed by atoms with van der Waals surface area (Å²) in [6.07, 6.45) is 5.87. The Morgan fingerprint density at radius 3 is 2.58 bits per heavy atom. The molecule has 2 aromatic rings. The zero-order valence-electron chi connectivity index (χ0n) is 15.2. The van der Waals surface area contributed by atoms with E-state index in [0.717, 1.165) is 36.4 Å². The highest BCUT2D eigenvalue weighted by atomic mass is 35.5. The Labute approximate surface area is 160 Å². The van der Waals surface area contributed by atoms with Gasteiger partial charge in [0.15, 0.2) is 5.65 Å². The van der Waals surface area contributed by atoms with Gasteiger partial charge in [0.25, 0.3) is 0 Å². The lowest BCUT2D eigenvalue weighted by Gasteiger charge is -2.31. The number of sulfonamides is 1. The Morgan fingerprint density at radius 2 is 1.92 bits per heavy atom. The second kappa shape index (κ2) is 7.42. The normalized spacial score (nSPS) is 19.6. The first-order valence-corrected chi connectivity index (χ1v) is 10.4. The summed E-state index contributed by atoms with van der Waals surface area (Å²) < 4.78 is 29.2. The van der Waals surface area contributed by atoms with Gasteiger partial charge >= 0.3 is 0 Å². The molecule has 3 heterocycles. The standard InChI is InChI=1S/C17H25N5O2S.ClH/c1-12-16-9-15(11-19-17(16)21(2)20-12)25(23,24)22-7-5-14(6-8-22)18-10-13-3-4-13;/h9,11,13-14,18H,3-8,10H2,1-2H3;1H. The summed E-state index contributed by atoms with van der Waals surface area (Å²) in [4.78, 5) is 4.58. The molecule has 1 aliphatic heterocycles. The van der Waals surface area contributed by atoms with E-state index in [1.54, 1.807) is 15.1 Å². The summed E-state index contributed by atoms with van der Waals surface area (Å²) in [7, 11) is -1.68. The van der Waals surface area contributed by atoms with Crippen LogP contribution in [0, 0.1) is 12.8 Å². The van der Waals surface area contributed by atoms with Crippen molar-refractivity contribution in [3.63, 3.8) is 0 Å². The van der Waals surface area contributed by atoms with E-state index in [-0.39, 0.29) is 17.3 Å². The van der Waals surface area contributed by atoms with Gasteiger partial charge in [-0.05, 0) is 51.1 Å². The number of hydrogen-bond acceptors (Lipinski definition) is 5. The van der Waals surface area contributed by atoms with Gasteiger partial charge in [-0.3, -0.25) is 4.68 Å². The van der Waals surface area contributed by atoms with E-state index in [1.165, 1.54) is 19.0 Å². The number of aromatic nitrogens is 3. The van der Waals surface area contributed by atoms with E-state index in [2.05, 4.69) is 15.4 Å². The topological polar surface area (TPSA) is 80.1 Å². The van der Waals surface area contributed by atoms with Gasteiger partial charge in [0.05, 0.1) is 5.69 Å². The number of hydrogen-bond donors (Lipinski definition) is 1. The molecular formula is C17H26ClN5O2S. The Balaban J connectivity index is 0.00000196. The first kappa shape index (κ1) is 19.5. The number of halogens is 1. The smallest absolute Gasteiger partial charge is 0.244 e. The van der Waals surface area contributed by atoms with Gasteiger partial charge in [0.2, 0.25) is 10.0 Å². The lowest BCUT2D eigenvalue weighted by atomic mass is 10.1. The third-order valence-corrected chi connectivity index (χ3v) is 7.19. The van der Waals surface area contributed by atoms with Crippen molar-refractivity contribution in [3.05, 3.63) is 18.0 Å². The highest BCUT2D eigenvalue weighted by molar-refractivity contribution is 7.89. The van der Waals surface area contributed by atoms with Gasteiger partial charge in [-0.1, -0.05) is 0 Å². The molecule has 1 saturated carbocycles. The first-order valence-electron chi connectivity index (χ1n) is 8.98. The van der Waals surface area contributed by atoms with Gasteiger partial charge in [0.1, 0.15) is 4.90 Å². The summed E-state index contributed by atoms with van der Waals surface area (Å²) >= 11 is 0. The Morgan fingerprint density at radius 1 is 1.23 bits per heavy atom. The average Bonchev–Trinajstić information content (AvgIpc) is 3.39. The quantitative estimate of drug-likeness (QED) is 0.829. The van der Waals surface area contributed by atoms with Crippen molar-refractivity contribution >= 4 is 33.5 Å². The summed E-state index contributed by atoms with van der Waals surface area (Å²) in [5, 5.41) is 8.69. The molecule has 4 rings (SSSR count). The van der Waals surface area contributed by atoms with Crippen LogP contribution in [0.5, 0.6) is 0 Å². The fourth-order valence-corrected chi connectivity index (χ4v) is 4.98. The molecule has 0 bridgehead atoms. The van der Waals surface area contributed by atoms with Crippen LogP contribution in [0.2, 0.25) is 0 Å². The zero-order chi connectivity index (χ0) is 17.6. The van der Waals surface area contributed by atoms with Gasteiger partial charge < -0.3 is 5.32 Å². The van der Waals surface area contributed by atoms with Crippen LogP contribution < -0.4 is 5.32 Å². The van der Waals surface area contributed by atoms with E-state index in [4.69, 9.17) is 0 Å². The van der Waals surface area contributed by atoms with E-state index < -0.39 is 10.0 Å². The summed E-state index contributed by atoms with van der Waals surface area (Å²) in [6.45, 7) is 4.08. The predicted molar refractivity (Wildman–Crippen MR) is 103 cm³/mol. The molecule has 7 nitrogen and oxygen atoms in total. The van der Waals surface area contributed by atoms with Gasteiger partial charge in [-0.2, -0.15) is 9.40 Å². The predicted octanol–water partition coefficient (Wildman–Crippen LogP) is 1.85. The molecule has 9 heteroatoms. The number of nitrogens with zero attached hydrogens (tertiary/aromatic N) is 4. The van der Waals surface area contributed by atoms with Crippen molar-refractivity contribution in [1.29, 1.82) is 0 Å². The van der Waals surface area contributed by atoms with Crippen molar-refractivity contribution in [3.8, 4) is 0 Å².